The Balaban J connectivity index is 1.71. The minimum atomic E-state index is 0.655. The summed E-state index contributed by atoms with van der Waals surface area (Å²) in [5, 5.41) is 14.0. The largest absolute Gasteiger partial charge is 0.370 e. The van der Waals surface area contributed by atoms with Crippen LogP contribution in [-0.4, -0.2) is 26.7 Å². The molecular formula is C15H22N6. The van der Waals surface area contributed by atoms with Gasteiger partial charge in [0.25, 0.3) is 0 Å². The molecule has 6 heteroatoms. The number of hydrogen-bond donors (Lipinski definition) is 3. The quantitative estimate of drug-likeness (QED) is 0.759. The predicted molar refractivity (Wildman–Crippen MR) is 84.0 cm³/mol. The van der Waals surface area contributed by atoms with Crippen molar-refractivity contribution >= 4 is 17.5 Å². The Bertz CT molecular complexity index is 602. The van der Waals surface area contributed by atoms with Gasteiger partial charge in [-0.1, -0.05) is 13.3 Å². The summed E-state index contributed by atoms with van der Waals surface area (Å²) >= 11 is 0. The van der Waals surface area contributed by atoms with E-state index in [0.29, 0.717) is 5.92 Å². The summed E-state index contributed by atoms with van der Waals surface area (Å²) < 4.78 is 0. The number of H-pyrrole nitrogens is 1. The van der Waals surface area contributed by atoms with E-state index in [0.717, 1.165) is 36.2 Å². The molecule has 21 heavy (non-hydrogen) atoms. The second-order valence-electron chi connectivity index (χ2n) is 5.57. The van der Waals surface area contributed by atoms with Gasteiger partial charge >= 0.3 is 0 Å². The SMILES string of the molecule is CCCNc1cc(Nc2cc(C3CCC3)[nH]n2)nc(C)n1. The van der Waals surface area contributed by atoms with Crippen molar-refractivity contribution in [2.75, 3.05) is 17.2 Å². The second-order valence-corrected chi connectivity index (χ2v) is 5.57. The molecule has 1 aliphatic carbocycles. The molecule has 2 aromatic rings. The van der Waals surface area contributed by atoms with E-state index >= 15 is 0 Å². The van der Waals surface area contributed by atoms with Crippen LogP contribution in [0.4, 0.5) is 17.5 Å². The van der Waals surface area contributed by atoms with Crippen LogP contribution in [0.25, 0.3) is 0 Å². The van der Waals surface area contributed by atoms with E-state index in [1.54, 1.807) is 0 Å². The molecule has 2 aromatic heterocycles. The molecule has 0 radical (unpaired) electrons. The summed E-state index contributed by atoms with van der Waals surface area (Å²) in [5.74, 6) is 3.83. The Kier molecular flexibility index (Phi) is 4.03. The molecule has 6 nitrogen and oxygen atoms in total. The van der Waals surface area contributed by atoms with Crippen molar-refractivity contribution in [3.63, 3.8) is 0 Å². The van der Waals surface area contributed by atoms with Gasteiger partial charge in [0, 0.05) is 30.3 Å². The number of nitrogens with zero attached hydrogens (tertiary/aromatic N) is 3. The molecule has 0 atom stereocenters. The van der Waals surface area contributed by atoms with Crippen molar-refractivity contribution in [3.05, 3.63) is 23.7 Å². The summed E-state index contributed by atoms with van der Waals surface area (Å²) in [6.45, 7) is 4.93. The van der Waals surface area contributed by atoms with Gasteiger partial charge in [-0.15, -0.1) is 0 Å². The maximum absolute atomic E-state index is 4.41. The first-order chi connectivity index (χ1) is 10.2. The summed E-state index contributed by atoms with van der Waals surface area (Å²) in [4.78, 5) is 8.79. The van der Waals surface area contributed by atoms with Crippen molar-refractivity contribution in [3.8, 4) is 0 Å². The standard InChI is InChI=1S/C15H22N6/c1-3-7-16-13-9-14(18-10(2)17-13)19-15-8-12(20-21-15)11-5-4-6-11/h8-9,11H,3-7H2,1-2H3,(H3,16,17,18,19,20,21). The van der Waals surface area contributed by atoms with E-state index in [9.17, 15) is 0 Å². The predicted octanol–water partition coefficient (Wildman–Crippen LogP) is 3.34. The van der Waals surface area contributed by atoms with Crippen LogP contribution in [0.15, 0.2) is 12.1 Å². The van der Waals surface area contributed by atoms with Crippen molar-refractivity contribution in [1.29, 1.82) is 0 Å². The van der Waals surface area contributed by atoms with Crippen LogP contribution in [-0.2, 0) is 0 Å². The van der Waals surface area contributed by atoms with Crippen LogP contribution >= 0.6 is 0 Å². The lowest BCUT2D eigenvalue weighted by Gasteiger charge is -2.23. The molecule has 0 saturated heterocycles. The third-order valence-corrected chi connectivity index (χ3v) is 3.79. The Labute approximate surface area is 124 Å². The molecule has 0 amide bonds. The normalized spacial score (nSPS) is 14.8. The number of nitrogens with one attached hydrogen (secondary N) is 3. The number of aromatic nitrogens is 4. The zero-order valence-electron chi connectivity index (χ0n) is 12.6. The zero-order chi connectivity index (χ0) is 14.7. The smallest absolute Gasteiger partial charge is 0.153 e. The van der Waals surface area contributed by atoms with Gasteiger partial charge in [0.05, 0.1) is 0 Å². The highest BCUT2D eigenvalue weighted by atomic mass is 15.2. The van der Waals surface area contributed by atoms with Crippen LogP contribution in [0.3, 0.4) is 0 Å². The van der Waals surface area contributed by atoms with E-state index in [1.165, 1.54) is 25.0 Å². The molecular weight excluding hydrogens is 264 g/mol. The van der Waals surface area contributed by atoms with Gasteiger partial charge in [-0.2, -0.15) is 5.10 Å². The zero-order valence-corrected chi connectivity index (χ0v) is 12.6. The van der Waals surface area contributed by atoms with Crippen LogP contribution < -0.4 is 10.6 Å². The van der Waals surface area contributed by atoms with E-state index < -0.39 is 0 Å². The average Bonchev–Trinajstić information content (AvgIpc) is 2.81. The number of aromatic amines is 1. The maximum Gasteiger partial charge on any atom is 0.153 e. The van der Waals surface area contributed by atoms with Crippen molar-refractivity contribution in [1.82, 2.24) is 20.2 Å². The molecule has 3 N–H and O–H groups in total. The van der Waals surface area contributed by atoms with E-state index in [1.807, 2.05) is 13.0 Å². The van der Waals surface area contributed by atoms with Gasteiger partial charge in [0.1, 0.15) is 17.5 Å². The fourth-order valence-corrected chi connectivity index (χ4v) is 2.44. The molecule has 0 spiro atoms. The number of aryl methyl sites for hydroxylation is 1. The molecule has 1 fully saturated rings. The molecule has 0 bridgehead atoms. The van der Waals surface area contributed by atoms with Crippen LogP contribution in [0, 0.1) is 6.92 Å². The number of rotatable bonds is 6. The summed E-state index contributed by atoms with van der Waals surface area (Å²) in [5.41, 5.74) is 1.22. The molecule has 112 valence electrons. The minimum absolute atomic E-state index is 0.655. The topological polar surface area (TPSA) is 78.5 Å². The highest BCUT2D eigenvalue weighted by molar-refractivity contribution is 5.56. The number of hydrogen-bond acceptors (Lipinski definition) is 5. The Hall–Kier alpha value is -2.11. The third-order valence-electron chi connectivity index (χ3n) is 3.79. The van der Waals surface area contributed by atoms with Gasteiger partial charge < -0.3 is 10.6 Å². The molecule has 1 aliphatic rings. The molecule has 0 aliphatic heterocycles. The van der Waals surface area contributed by atoms with Crippen LogP contribution in [0.1, 0.15) is 50.0 Å². The van der Waals surface area contributed by atoms with Gasteiger partial charge in [-0.05, 0) is 26.2 Å². The lowest BCUT2D eigenvalue weighted by molar-refractivity contribution is 0.410. The van der Waals surface area contributed by atoms with Gasteiger partial charge in [-0.25, -0.2) is 9.97 Å². The monoisotopic (exact) mass is 286 g/mol. The Morgan fingerprint density at radius 3 is 2.71 bits per heavy atom. The van der Waals surface area contributed by atoms with E-state index in [4.69, 9.17) is 0 Å². The fraction of sp³-hybridized carbons (Fsp3) is 0.533. The van der Waals surface area contributed by atoms with Gasteiger partial charge in [0.2, 0.25) is 0 Å². The van der Waals surface area contributed by atoms with E-state index in [2.05, 4.69) is 43.8 Å². The fourth-order valence-electron chi connectivity index (χ4n) is 2.44. The van der Waals surface area contributed by atoms with Crippen LogP contribution in [0.2, 0.25) is 0 Å². The summed E-state index contributed by atoms with van der Waals surface area (Å²) in [6, 6.07) is 4.00. The summed E-state index contributed by atoms with van der Waals surface area (Å²) in [6.07, 6.45) is 4.92. The van der Waals surface area contributed by atoms with Crippen molar-refractivity contribution in [2.24, 2.45) is 0 Å². The molecule has 3 rings (SSSR count). The van der Waals surface area contributed by atoms with Crippen LogP contribution in [0.5, 0.6) is 0 Å². The van der Waals surface area contributed by atoms with Crippen molar-refractivity contribution in [2.45, 2.75) is 45.4 Å². The maximum atomic E-state index is 4.41. The highest BCUT2D eigenvalue weighted by Gasteiger charge is 2.21. The first kappa shape index (κ1) is 13.9. The van der Waals surface area contributed by atoms with Gasteiger partial charge in [0.15, 0.2) is 5.82 Å². The number of anilines is 3. The average molecular weight is 286 g/mol. The van der Waals surface area contributed by atoms with Crippen molar-refractivity contribution < 1.29 is 0 Å². The van der Waals surface area contributed by atoms with Gasteiger partial charge in [-0.3, -0.25) is 5.10 Å². The molecule has 0 unspecified atom stereocenters. The minimum Gasteiger partial charge on any atom is -0.370 e. The highest BCUT2D eigenvalue weighted by Crippen LogP contribution is 2.36. The Morgan fingerprint density at radius 1 is 1.19 bits per heavy atom. The summed E-state index contributed by atoms with van der Waals surface area (Å²) in [7, 11) is 0. The second kappa shape index (κ2) is 6.11. The third kappa shape index (κ3) is 3.32. The molecule has 2 heterocycles. The van der Waals surface area contributed by atoms with E-state index in [-0.39, 0.29) is 0 Å². The molecule has 0 aromatic carbocycles. The first-order valence-electron chi connectivity index (χ1n) is 7.66. The lowest BCUT2D eigenvalue weighted by atomic mass is 9.83. The Morgan fingerprint density at radius 2 is 2.00 bits per heavy atom. The first-order valence-corrected chi connectivity index (χ1v) is 7.66. The molecule has 1 saturated carbocycles. The lowest BCUT2D eigenvalue weighted by Crippen LogP contribution is -2.08.